The van der Waals surface area contributed by atoms with Crippen LogP contribution in [0, 0.1) is 0 Å². The summed E-state index contributed by atoms with van der Waals surface area (Å²) in [4.78, 5) is 7.94. The van der Waals surface area contributed by atoms with Crippen molar-refractivity contribution < 1.29 is 4.84 Å². The Bertz CT molecular complexity index is 77.8. The Hall–Kier alpha value is -0.860. The van der Waals surface area contributed by atoms with Gasteiger partial charge in [0.1, 0.15) is 7.11 Å². The van der Waals surface area contributed by atoms with E-state index in [-0.39, 0.29) is 0 Å². The van der Waals surface area contributed by atoms with Crippen molar-refractivity contribution in [1.82, 2.24) is 0 Å². The number of rotatable bonds is 2. The molecular weight excluding hydrogens is 92.1 g/mol. The smallest absolute Gasteiger partial charge is 0.106 e. The van der Waals surface area contributed by atoms with Crippen molar-refractivity contribution in [1.29, 1.82) is 0 Å². The van der Waals surface area contributed by atoms with E-state index in [4.69, 9.17) is 0 Å². The van der Waals surface area contributed by atoms with Crippen LogP contribution >= 0.6 is 0 Å². The maximum Gasteiger partial charge on any atom is 0.106 e. The molecule has 0 N–H and O–H groups in total. The summed E-state index contributed by atoms with van der Waals surface area (Å²) in [6.07, 6.45) is 3.02. The molecule has 0 aliphatic rings. The SMILES string of the molecule is C/N=C\C=N/OC. The topological polar surface area (TPSA) is 34.0 Å². The second kappa shape index (κ2) is 5.14. The molecule has 0 radical (unpaired) electrons. The molecular formula is C4H8N2O. The van der Waals surface area contributed by atoms with Crippen LogP contribution in [0.1, 0.15) is 0 Å². The highest BCUT2D eigenvalue weighted by molar-refractivity contribution is 6.15. The predicted octanol–water partition coefficient (Wildman–Crippen LogP) is 0.319. The van der Waals surface area contributed by atoms with E-state index in [0.29, 0.717) is 0 Å². The van der Waals surface area contributed by atoms with Gasteiger partial charge in [-0.15, -0.1) is 0 Å². The van der Waals surface area contributed by atoms with Gasteiger partial charge < -0.3 is 4.84 Å². The fourth-order valence-corrected chi connectivity index (χ4v) is 0.155. The number of aliphatic imine (C=N–C) groups is 1. The summed E-state index contributed by atoms with van der Waals surface area (Å²) in [5.41, 5.74) is 0. The molecule has 40 valence electrons. The molecule has 0 aliphatic heterocycles. The molecule has 7 heavy (non-hydrogen) atoms. The molecule has 0 bridgehead atoms. The Morgan fingerprint density at radius 2 is 2.14 bits per heavy atom. The largest absolute Gasteiger partial charge is 0.399 e. The van der Waals surface area contributed by atoms with E-state index >= 15 is 0 Å². The highest BCUT2D eigenvalue weighted by atomic mass is 16.6. The van der Waals surface area contributed by atoms with E-state index < -0.39 is 0 Å². The zero-order valence-corrected chi connectivity index (χ0v) is 4.46. The van der Waals surface area contributed by atoms with Gasteiger partial charge in [0.15, 0.2) is 0 Å². The van der Waals surface area contributed by atoms with Gasteiger partial charge in [-0.2, -0.15) is 0 Å². The molecule has 0 aromatic carbocycles. The summed E-state index contributed by atoms with van der Waals surface area (Å²) >= 11 is 0. The van der Waals surface area contributed by atoms with Gasteiger partial charge >= 0.3 is 0 Å². The molecule has 0 fully saturated rings. The molecule has 0 saturated heterocycles. The Labute approximate surface area is 42.7 Å². The van der Waals surface area contributed by atoms with Crippen LogP contribution in [0.2, 0.25) is 0 Å². The highest BCUT2D eigenvalue weighted by Gasteiger charge is 1.57. The maximum atomic E-state index is 4.32. The van der Waals surface area contributed by atoms with Crippen molar-refractivity contribution in [2.24, 2.45) is 10.1 Å². The standard InChI is InChI=1S/C4H8N2O/c1-5-3-4-6-7-2/h3-4H,1-2H3/b5-3-,6-4-. The lowest BCUT2D eigenvalue weighted by Crippen LogP contribution is -1.74. The van der Waals surface area contributed by atoms with Crippen LogP contribution in [0.15, 0.2) is 10.1 Å². The average Bonchev–Trinajstić information content (AvgIpc) is 1.69. The Morgan fingerprint density at radius 1 is 1.43 bits per heavy atom. The maximum absolute atomic E-state index is 4.32. The molecule has 0 saturated carbocycles. The molecule has 0 aromatic heterocycles. The number of hydrogen-bond donors (Lipinski definition) is 0. The zero-order chi connectivity index (χ0) is 5.54. The van der Waals surface area contributed by atoms with Crippen LogP contribution in [0.5, 0.6) is 0 Å². The quantitative estimate of drug-likeness (QED) is 0.363. The minimum Gasteiger partial charge on any atom is -0.399 e. The van der Waals surface area contributed by atoms with Crippen LogP contribution in [0.25, 0.3) is 0 Å². The fourth-order valence-electron chi connectivity index (χ4n) is 0.155. The summed E-state index contributed by atoms with van der Waals surface area (Å²) in [6.45, 7) is 0. The first-order valence-corrected chi connectivity index (χ1v) is 1.89. The van der Waals surface area contributed by atoms with Gasteiger partial charge in [0.05, 0.1) is 6.21 Å². The van der Waals surface area contributed by atoms with Gasteiger partial charge in [-0.25, -0.2) is 0 Å². The minimum absolute atomic E-state index is 1.47. The van der Waals surface area contributed by atoms with E-state index in [0.717, 1.165) is 0 Å². The summed E-state index contributed by atoms with van der Waals surface area (Å²) < 4.78 is 0. The molecule has 0 aliphatic carbocycles. The second-order valence-corrected chi connectivity index (χ2v) is 0.844. The van der Waals surface area contributed by atoms with E-state index in [9.17, 15) is 0 Å². The van der Waals surface area contributed by atoms with E-state index in [2.05, 4.69) is 15.0 Å². The number of hydrogen-bond acceptors (Lipinski definition) is 3. The summed E-state index contributed by atoms with van der Waals surface area (Å²) in [7, 11) is 3.15. The third-order valence-corrected chi connectivity index (χ3v) is 0.382. The van der Waals surface area contributed by atoms with Crippen molar-refractivity contribution in [3.05, 3.63) is 0 Å². The Kier molecular flexibility index (Phi) is 4.51. The number of nitrogens with zero attached hydrogens (tertiary/aromatic N) is 2. The minimum atomic E-state index is 1.47. The monoisotopic (exact) mass is 100 g/mol. The summed E-state index contributed by atoms with van der Waals surface area (Å²) in [5.74, 6) is 0. The Morgan fingerprint density at radius 3 is 2.57 bits per heavy atom. The van der Waals surface area contributed by atoms with Gasteiger partial charge in [0, 0.05) is 13.3 Å². The molecule has 0 rings (SSSR count). The van der Waals surface area contributed by atoms with Gasteiger partial charge in [0.2, 0.25) is 0 Å². The Balaban J connectivity index is 3.09. The van der Waals surface area contributed by atoms with Gasteiger partial charge in [-0.3, -0.25) is 4.99 Å². The third kappa shape index (κ3) is 5.14. The van der Waals surface area contributed by atoms with Crippen LogP contribution in [-0.4, -0.2) is 26.6 Å². The second-order valence-electron chi connectivity index (χ2n) is 0.844. The van der Waals surface area contributed by atoms with Crippen molar-refractivity contribution >= 4 is 12.4 Å². The highest BCUT2D eigenvalue weighted by Crippen LogP contribution is 1.58. The lowest BCUT2D eigenvalue weighted by molar-refractivity contribution is 0.216. The van der Waals surface area contributed by atoms with Crippen molar-refractivity contribution in [2.75, 3.05) is 14.2 Å². The van der Waals surface area contributed by atoms with Crippen LogP contribution in [0.4, 0.5) is 0 Å². The summed E-state index contributed by atoms with van der Waals surface area (Å²) in [5, 5.41) is 3.39. The molecule has 0 spiro atoms. The van der Waals surface area contributed by atoms with Gasteiger partial charge in [-0.05, 0) is 0 Å². The average molecular weight is 100 g/mol. The van der Waals surface area contributed by atoms with E-state index in [1.165, 1.54) is 13.3 Å². The first kappa shape index (κ1) is 6.14. The summed E-state index contributed by atoms with van der Waals surface area (Å²) in [6, 6.07) is 0. The third-order valence-electron chi connectivity index (χ3n) is 0.382. The van der Waals surface area contributed by atoms with Crippen LogP contribution in [0.3, 0.4) is 0 Å². The molecule has 0 aromatic rings. The number of oxime groups is 1. The molecule has 0 unspecified atom stereocenters. The van der Waals surface area contributed by atoms with Crippen molar-refractivity contribution in [3.63, 3.8) is 0 Å². The molecule has 3 heteroatoms. The lowest BCUT2D eigenvalue weighted by atomic mass is 10.8. The van der Waals surface area contributed by atoms with E-state index in [1.807, 2.05) is 0 Å². The fraction of sp³-hybridized carbons (Fsp3) is 0.500. The normalized spacial score (nSPS) is 11.1. The van der Waals surface area contributed by atoms with Crippen LogP contribution in [-0.2, 0) is 4.84 Å². The van der Waals surface area contributed by atoms with Crippen molar-refractivity contribution in [2.45, 2.75) is 0 Å². The van der Waals surface area contributed by atoms with Crippen molar-refractivity contribution in [3.8, 4) is 0 Å². The first-order chi connectivity index (χ1) is 3.41. The predicted molar refractivity (Wildman–Crippen MR) is 29.9 cm³/mol. The lowest BCUT2D eigenvalue weighted by Gasteiger charge is -1.77. The zero-order valence-electron chi connectivity index (χ0n) is 4.46. The first-order valence-electron chi connectivity index (χ1n) is 1.89. The molecule has 3 nitrogen and oxygen atoms in total. The molecule has 0 amide bonds. The van der Waals surface area contributed by atoms with E-state index in [1.54, 1.807) is 13.3 Å². The van der Waals surface area contributed by atoms with Crippen LogP contribution < -0.4 is 0 Å². The van der Waals surface area contributed by atoms with Gasteiger partial charge in [0.25, 0.3) is 0 Å². The molecule has 0 atom stereocenters. The van der Waals surface area contributed by atoms with Gasteiger partial charge in [-0.1, -0.05) is 5.16 Å². The molecule has 0 heterocycles.